The second-order valence-electron chi connectivity index (χ2n) is 5.57. The quantitative estimate of drug-likeness (QED) is 0.901. The summed E-state index contributed by atoms with van der Waals surface area (Å²) in [5, 5.41) is 13.2. The summed E-state index contributed by atoms with van der Waals surface area (Å²) < 4.78 is 1.72. The number of carbonyl (C=O) groups is 2. The van der Waals surface area contributed by atoms with Crippen molar-refractivity contribution >= 4 is 11.9 Å². The third kappa shape index (κ3) is 3.62. The molecule has 21 heavy (non-hydrogen) atoms. The number of hydrogen-bond acceptors (Lipinski definition) is 3. The van der Waals surface area contributed by atoms with E-state index in [1.165, 1.54) is 0 Å². The van der Waals surface area contributed by atoms with Crippen molar-refractivity contribution in [3.63, 3.8) is 0 Å². The van der Waals surface area contributed by atoms with Gasteiger partial charge in [0.25, 0.3) is 5.91 Å². The van der Waals surface area contributed by atoms with Gasteiger partial charge >= 0.3 is 5.97 Å². The predicted octanol–water partition coefficient (Wildman–Crippen LogP) is 2.07. The van der Waals surface area contributed by atoms with Gasteiger partial charge in [0.1, 0.15) is 5.69 Å². The first-order chi connectivity index (χ1) is 10.0. The zero-order valence-corrected chi connectivity index (χ0v) is 12.7. The molecule has 116 valence electrons. The second kappa shape index (κ2) is 6.74. The summed E-state index contributed by atoms with van der Waals surface area (Å²) in [7, 11) is 0. The summed E-state index contributed by atoms with van der Waals surface area (Å²) in [5.74, 6) is -0.824. The number of carboxylic acids is 1. The Morgan fingerprint density at radius 1 is 1.43 bits per heavy atom. The Morgan fingerprint density at radius 2 is 2.19 bits per heavy atom. The van der Waals surface area contributed by atoms with Crippen molar-refractivity contribution < 1.29 is 14.7 Å². The van der Waals surface area contributed by atoms with Crippen molar-refractivity contribution in [2.45, 2.75) is 58.5 Å². The molecule has 2 rings (SSSR count). The zero-order chi connectivity index (χ0) is 15.4. The Bertz CT molecular complexity index is 524. The van der Waals surface area contributed by atoms with Crippen LogP contribution in [0.3, 0.4) is 0 Å². The van der Waals surface area contributed by atoms with Crippen LogP contribution in [0.25, 0.3) is 0 Å². The number of rotatable bonds is 5. The first-order valence-corrected chi connectivity index (χ1v) is 7.60. The van der Waals surface area contributed by atoms with Gasteiger partial charge in [0.15, 0.2) is 0 Å². The maximum absolute atomic E-state index is 12.8. The van der Waals surface area contributed by atoms with Gasteiger partial charge in [0, 0.05) is 25.6 Å². The second-order valence-corrected chi connectivity index (χ2v) is 5.57. The van der Waals surface area contributed by atoms with Crippen molar-refractivity contribution in [3.8, 4) is 0 Å². The Hall–Kier alpha value is -1.85. The van der Waals surface area contributed by atoms with Gasteiger partial charge < -0.3 is 10.0 Å². The Morgan fingerprint density at radius 3 is 2.86 bits per heavy atom. The lowest BCUT2D eigenvalue weighted by atomic mass is 9.97. The van der Waals surface area contributed by atoms with E-state index in [0.717, 1.165) is 25.0 Å². The Balaban J connectivity index is 2.15. The fraction of sp³-hybridized carbons (Fsp3) is 0.667. The number of piperidine rings is 1. The highest BCUT2D eigenvalue weighted by molar-refractivity contribution is 5.93. The minimum atomic E-state index is -0.803. The van der Waals surface area contributed by atoms with Crippen LogP contribution in [0.5, 0.6) is 0 Å². The van der Waals surface area contributed by atoms with Crippen LogP contribution in [0.4, 0.5) is 0 Å². The van der Waals surface area contributed by atoms with Crippen LogP contribution in [-0.4, -0.2) is 44.3 Å². The standard InChI is InChI=1S/C15H23N3O3/c1-3-18-13(10-11(2)16-18)15(21)17-9-5-4-6-12(17)7-8-14(19)20/h10,12H,3-9H2,1-2H3,(H,19,20). The number of amides is 1. The lowest BCUT2D eigenvalue weighted by Crippen LogP contribution is -2.44. The average molecular weight is 293 g/mol. The van der Waals surface area contributed by atoms with Gasteiger partial charge in [-0.1, -0.05) is 0 Å². The number of nitrogens with zero attached hydrogens (tertiary/aromatic N) is 3. The molecular formula is C15H23N3O3. The first kappa shape index (κ1) is 15.5. The summed E-state index contributed by atoms with van der Waals surface area (Å²) in [6.45, 7) is 5.20. The molecule has 0 aromatic carbocycles. The molecule has 1 fully saturated rings. The molecule has 1 aromatic heterocycles. The molecule has 0 aliphatic carbocycles. The maximum Gasteiger partial charge on any atom is 0.303 e. The molecule has 2 heterocycles. The van der Waals surface area contributed by atoms with Gasteiger partial charge in [-0.15, -0.1) is 0 Å². The monoisotopic (exact) mass is 293 g/mol. The van der Waals surface area contributed by atoms with E-state index in [9.17, 15) is 9.59 Å². The smallest absolute Gasteiger partial charge is 0.303 e. The molecule has 0 spiro atoms. The lowest BCUT2D eigenvalue weighted by molar-refractivity contribution is -0.137. The number of hydrogen-bond donors (Lipinski definition) is 1. The zero-order valence-electron chi connectivity index (χ0n) is 12.7. The van der Waals surface area contributed by atoms with E-state index in [1.807, 2.05) is 24.8 Å². The highest BCUT2D eigenvalue weighted by Gasteiger charge is 2.29. The van der Waals surface area contributed by atoms with Crippen LogP contribution in [0.2, 0.25) is 0 Å². The van der Waals surface area contributed by atoms with E-state index >= 15 is 0 Å². The Labute approximate surface area is 124 Å². The summed E-state index contributed by atoms with van der Waals surface area (Å²) in [6, 6.07) is 1.84. The third-order valence-electron chi connectivity index (χ3n) is 4.00. The normalized spacial score (nSPS) is 18.8. The summed E-state index contributed by atoms with van der Waals surface area (Å²) in [4.78, 5) is 25.4. The maximum atomic E-state index is 12.8. The van der Waals surface area contributed by atoms with Gasteiger partial charge in [-0.2, -0.15) is 5.10 Å². The molecule has 1 aliphatic rings. The van der Waals surface area contributed by atoms with E-state index in [1.54, 1.807) is 4.68 Å². The molecule has 6 nitrogen and oxygen atoms in total. The molecule has 1 aliphatic heterocycles. The molecule has 1 unspecified atom stereocenters. The SMILES string of the molecule is CCn1nc(C)cc1C(=O)N1CCCCC1CCC(=O)O. The van der Waals surface area contributed by atoms with E-state index in [4.69, 9.17) is 5.11 Å². The van der Waals surface area contributed by atoms with Crippen LogP contribution < -0.4 is 0 Å². The number of likely N-dealkylation sites (tertiary alicyclic amines) is 1. The molecular weight excluding hydrogens is 270 g/mol. The van der Waals surface area contributed by atoms with Crippen molar-refractivity contribution in [1.82, 2.24) is 14.7 Å². The van der Waals surface area contributed by atoms with Gasteiger partial charge in [0.2, 0.25) is 0 Å². The molecule has 1 amide bonds. The third-order valence-corrected chi connectivity index (χ3v) is 4.00. The van der Waals surface area contributed by atoms with Crippen LogP contribution in [0, 0.1) is 6.92 Å². The van der Waals surface area contributed by atoms with E-state index in [0.29, 0.717) is 25.2 Å². The number of aromatic nitrogens is 2. The summed E-state index contributed by atoms with van der Waals surface area (Å²) in [6.07, 6.45) is 3.56. The minimum absolute atomic E-state index is 0.0208. The molecule has 0 radical (unpaired) electrons. The largest absolute Gasteiger partial charge is 0.481 e. The van der Waals surface area contributed by atoms with E-state index < -0.39 is 5.97 Å². The van der Waals surface area contributed by atoms with Gasteiger partial charge in [-0.05, 0) is 45.6 Å². The highest BCUT2D eigenvalue weighted by atomic mass is 16.4. The van der Waals surface area contributed by atoms with Crippen LogP contribution in [0.1, 0.15) is 55.2 Å². The van der Waals surface area contributed by atoms with Crippen molar-refractivity contribution in [3.05, 3.63) is 17.5 Å². The van der Waals surface area contributed by atoms with Crippen LogP contribution >= 0.6 is 0 Å². The Kier molecular flexibility index (Phi) is 4.98. The molecule has 0 bridgehead atoms. The first-order valence-electron chi connectivity index (χ1n) is 7.60. The van der Waals surface area contributed by atoms with Gasteiger partial charge in [-0.3, -0.25) is 14.3 Å². The molecule has 1 saturated heterocycles. The molecule has 0 saturated carbocycles. The highest BCUT2D eigenvalue weighted by Crippen LogP contribution is 2.23. The molecule has 1 atom stereocenters. The van der Waals surface area contributed by atoms with Crippen LogP contribution in [0.15, 0.2) is 6.07 Å². The number of carboxylic acid groups (broad SMARTS) is 1. The van der Waals surface area contributed by atoms with E-state index in [-0.39, 0.29) is 18.4 Å². The van der Waals surface area contributed by atoms with Crippen LogP contribution in [-0.2, 0) is 11.3 Å². The number of carbonyl (C=O) groups excluding carboxylic acids is 1. The molecule has 1 N–H and O–H groups in total. The molecule has 1 aromatic rings. The topological polar surface area (TPSA) is 75.4 Å². The number of aryl methyl sites for hydroxylation is 2. The minimum Gasteiger partial charge on any atom is -0.481 e. The van der Waals surface area contributed by atoms with Gasteiger partial charge in [-0.25, -0.2) is 0 Å². The van der Waals surface area contributed by atoms with Crippen molar-refractivity contribution in [2.75, 3.05) is 6.54 Å². The van der Waals surface area contributed by atoms with Gasteiger partial charge in [0.05, 0.1) is 5.69 Å². The average Bonchev–Trinajstić information content (AvgIpc) is 2.85. The summed E-state index contributed by atoms with van der Waals surface area (Å²) in [5.41, 5.74) is 1.44. The fourth-order valence-electron chi connectivity index (χ4n) is 2.96. The molecule has 6 heteroatoms. The predicted molar refractivity (Wildman–Crippen MR) is 78.2 cm³/mol. The van der Waals surface area contributed by atoms with Crippen molar-refractivity contribution in [2.24, 2.45) is 0 Å². The number of aliphatic carboxylic acids is 1. The fourth-order valence-corrected chi connectivity index (χ4v) is 2.96. The van der Waals surface area contributed by atoms with Crippen molar-refractivity contribution in [1.29, 1.82) is 0 Å². The van der Waals surface area contributed by atoms with E-state index in [2.05, 4.69) is 5.10 Å². The summed E-state index contributed by atoms with van der Waals surface area (Å²) >= 11 is 0. The lowest BCUT2D eigenvalue weighted by Gasteiger charge is -2.35.